The summed E-state index contributed by atoms with van der Waals surface area (Å²) in [5.41, 5.74) is 1.37. The Bertz CT molecular complexity index is 1090. The number of fused-ring (bicyclic) bond motifs is 2. The molecule has 8 nitrogen and oxygen atoms in total. The molecule has 2 atom stereocenters. The topological polar surface area (TPSA) is 85.3 Å². The Hall–Kier alpha value is -3.47. The summed E-state index contributed by atoms with van der Waals surface area (Å²) in [7, 11) is 0. The highest BCUT2D eigenvalue weighted by atomic mass is 19.3. The molecule has 1 aromatic carbocycles. The third-order valence-electron chi connectivity index (χ3n) is 5.52. The van der Waals surface area contributed by atoms with E-state index in [2.05, 4.69) is 35.1 Å². The second-order valence-electron chi connectivity index (χ2n) is 7.55. The van der Waals surface area contributed by atoms with E-state index in [4.69, 9.17) is 4.74 Å². The van der Waals surface area contributed by atoms with Gasteiger partial charge in [0, 0.05) is 5.56 Å². The van der Waals surface area contributed by atoms with Crippen molar-refractivity contribution in [2.75, 3.05) is 23.4 Å². The molecule has 0 spiro atoms. The number of halogens is 3. The Morgan fingerprint density at radius 1 is 1.06 bits per heavy atom. The predicted octanol–water partition coefficient (Wildman–Crippen LogP) is 3.79. The van der Waals surface area contributed by atoms with Crippen LogP contribution >= 0.6 is 0 Å². The molecule has 11 heteroatoms. The molecule has 2 unspecified atom stereocenters. The van der Waals surface area contributed by atoms with Gasteiger partial charge in [-0.3, -0.25) is 0 Å². The maximum absolute atomic E-state index is 14.5. The van der Waals surface area contributed by atoms with Crippen molar-refractivity contribution in [3.63, 3.8) is 0 Å². The van der Waals surface area contributed by atoms with Gasteiger partial charge < -0.3 is 19.7 Å². The monoisotopic (exact) mass is 444 g/mol. The molecule has 166 valence electrons. The maximum Gasteiger partial charge on any atom is 0.387 e. The van der Waals surface area contributed by atoms with Gasteiger partial charge in [0.2, 0.25) is 5.95 Å². The Morgan fingerprint density at radius 2 is 1.81 bits per heavy atom. The van der Waals surface area contributed by atoms with Crippen LogP contribution in [0.5, 0.6) is 5.75 Å². The molecule has 2 aliphatic heterocycles. The van der Waals surface area contributed by atoms with Crippen LogP contribution in [0.25, 0.3) is 11.1 Å². The third-order valence-corrected chi connectivity index (χ3v) is 5.52. The number of ether oxygens (including phenoxy) is 2. The fraction of sp³-hybridized carbons (Fsp3) is 0.333. The van der Waals surface area contributed by atoms with Gasteiger partial charge in [0.25, 0.3) is 0 Å². The van der Waals surface area contributed by atoms with E-state index in [-0.39, 0.29) is 29.5 Å². The van der Waals surface area contributed by atoms with E-state index in [1.165, 1.54) is 18.3 Å². The zero-order valence-corrected chi connectivity index (χ0v) is 16.8. The molecule has 4 heterocycles. The lowest BCUT2D eigenvalue weighted by atomic mass is 10.1. The van der Waals surface area contributed by atoms with E-state index in [1.54, 1.807) is 18.2 Å². The fourth-order valence-electron chi connectivity index (χ4n) is 4.06. The zero-order valence-electron chi connectivity index (χ0n) is 16.8. The molecule has 0 saturated carbocycles. The summed E-state index contributed by atoms with van der Waals surface area (Å²) in [5, 5.41) is 10.8. The largest absolute Gasteiger partial charge is 0.435 e. The summed E-state index contributed by atoms with van der Waals surface area (Å²) >= 11 is 0. The smallest absolute Gasteiger partial charge is 0.387 e. The van der Waals surface area contributed by atoms with Crippen molar-refractivity contribution < 1.29 is 22.6 Å². The lowest BCUT2D eigenvalue weighted by Crippen LogP contribution is -2.46. The van der Waals surface area contributed by atoms with Crippen LogP contribution in [-0.4, -0.2) is 52.1 Å². The molecule has 2 saturated heterocycles. The van der Waals surface area contributed by atoms with E-state index in [0.29, 0.717) is 30.3 Å². The number of aromatic nitrogens is 4. The summed E-state index contributed by atoms with van der Waals surface area (Å²) in [6.45, 7) is -1.68. The van der Waals surface area contributed by atoms with Crippen LogP contribution in [0.1, 0.15) is 12.8 Å². The third kappa shape index (κ3) is 4.15. The molecule has 2 fully saturated rings. The number of nitrogens with zero attached hydrogens (tertiary/aromatic N) is 5. The van der Waals surface area contributed by atoms with E-state index in [1.807, 2.05) is 0 Å². The number of benzene rings is 1. The molecule has 2 aliphatic rings. The van der Waals surface area contributed by atoms with Gasteiger partial charge in [0.05, 0.1) is 37.7 Å². The van der Waals surface area contributed by atoms with Gasteiger partial charge in [-0.25, -0.2) is 9.37 Å². The lowest BCUT2D eigenvalue weighted by Gasteiger charge is -2.34. The van der Waals surface area contributed by atoms with Crippen LogP contribution in [0.3, 0.4) is 0 Å². The van der Waals surface area contributed by atoms with Crippen molar-refractivity contribution in [1.29, 1.82) is 0 Å². The Kier molecular flexibility index (Phi) is 5.48. The van der Waals surface area contributed by atoms with Crippen molar-refractivity contribution in [1.82, 2.24) is 20.2 Å². The van der Waals surface area contributed by atoms with E-state index in [0.717, 1.165) is 19.0 Å². The second-order valence-corrected chi connectivity index (χ2v) is 7.55. The number of anilines is 3. The Morgan fingerprint density at radius 3 is 2.53 bits per heavy atom. The maximum atomic E-state index is 14.5. The van der Waals surface area contributed by atoms with Gasteiger partial charge in [0.1, 0.15) is 5.75 Å². The average Bonchev–Trinajstić information content (AvgIpc) is 3.03. The van der Waals surface area contributed by atoms with Crippen LogP contribution < -0.4 is 15.0 Å². The summed E-state index contributed by atoms with van der Waals surface area (Å²) in [5.74, 6) is 0.159. The van der Waals surface area contributed by atoms with Gasteiger partial charge in [-0.05, 0) is 36.6 Å². The van der Waals surface area contributed by atoms with E-state index < -0.39 is 12.4 Å². The molecule has 0 radical (unpaired) electrons. The van der Waals surface area contributed by atoms with E-state index >= 15 is 0 Å². The number of rotatable bonds is 6. The van der Waals surface area contributed by atoms with Crippen molar-refractivity contribution >= 4 is 17.6 Å². The van der Waals surface area contributed by atoms with Gasteiger partial charge in [-0.1, -0.05) is 12.1 Å². The minimum absolute atomic E-state index is 0.00646. The minimum Gasteiger partial charge on any atom is -0.435 e. The highest BCUT2D eigenvalue weighted by molar-refractivity contribution is 5.67. The molecule has 0 amide bonds. The standard InChI is InChI=1S/C21H19F3N6O2/c22-17-9-25-21(30-14-3-4-15(30)11-31-10-14)28-19(17)27-18-7-13(8-26-29-18)12-1-5-16(6-2-12)32-20(23)24/h1-2,5-9,14-15,20H,3-4,10-11H2,(H,25,27,28,29). The van der Waals surface area contributed by atoms with Crippen molar-refractivity contribution in [2.45, 2.75) is 31.5 Å². The van der Waals surface area contributed by atoms with Crippen LogP contribution in [0.2, 0.25) is 0 Å². The normalized spacial score (nSPS) is 19.9. The second kappa shape index (κ2) is 8.58. The highest BCUT2D eigenvalue weighted by Crippen LogP contribution is 2.33. The summed E-state index contributed by atoms with van der Waals surface area (Å²) in [6.07, 6.45) is 4.63. The number of alkyl halides is 2. The molecule has 2 bridgehead atoms. The van der Waals surface area contributed by atoms with Gasteiger partial charge >= 0.3 is 6.61 Å². The molecule has 3 aromatic rings. The Balaban J connectivity index is 1.37. The fourth-order valence-corrected chi connectivity index (χ4v) is 4.06. The van der Waals surface area contributed by atoms with E-state index in [9.17, 15) is 13.2 Å². The first-order valence-corrected chi connectivity index (χ1v) is 10.1. The molecule has 32 heavy (non-hydrogen) atoms. The van der Waals surface area contributed by atoms with Gasteiger partial charge in [0.15, 0.2) is 17.5 Å². The average molecular weight is 444 g/mol. The molecular formula is C21H19F3N6O2. The van der Waals surface area contributed by atoms with Crippen LogP contribution in [-0.2, 0) is 4.74 Å². The van der Waals surface area contributed by atoms with Gasteiger partial charge in [-0.15, -0.1) is 5.10 Å². The number of hydrogen-bond donors (Lipinski definition) is 1. The molecule has 1 N–H and O–H groups in total. The predicted molar refractivity (Wildman–Crippen MR) is 109 cm³/mol. The number of hydrogen-bond acceptors (Lipinski definition) is 8. The first-order valence-electron chi connectivity index (χ1n) is 10.1. The van der Waals surface area contributed by atoms with Crippen LogP contribution in [0.15, 0.2) is 42.7 Å². The molecule has 5 rings (SSSR count). The van der Waals surface area contributed by atoms with Crippen molar-refractivity contribution in [2.24, 2.45) is 0 Å². The number of morpholine rings is 1. The zero-order chi connectivity index (χ0) is 22.1. The SMILES string of the molecule is Fc1cnc(N2C3CCC2COC3)nc1Nc1cc(-c2ccc(OC(F)F)cc2)cnn1. The van der Waals surface area contributed by atoms with Crippen LogP contribution in [0.4, 0.5) is 30.8 Å². The van der Waals surface area contributed by atoms with Gasteiger partial charge in [-0.2, -0.15) is 18.9 Å². The summed E-state index contributed by atoms with van der Waals surface area (Å²) in [4.78, 5) is 10.7. The quantitative estimate of drug-likeness (QED) is 0.615. The lowest BCUT2D eigenvalue weighted by molar-refractivity contribution is -0.0498. The first kappa shape index (κ1) is 20.4. The molecule has 2 aromatic heterocycles. The molecule has 0 aliphatic carbocycles. The molecular weight excluding hydrogens is 425 g/mol. The summed E-state index contributed by atoms with van der Waals surface area (Å²) in [6, 6.07) is 8.14. The highest BCUT2D eigenvalue weighted by Gasteiger charge is 2.39. The van der Waals surface area contributed by atoms with Crippen molar-refractivity contribution in [3.8, 4) is 16.9 Å². The number of nitrogens with one attached hydrogen (secondary N) is 1. The summed E-state index contributed by atoms with van der Waals surface area (Å²) < 4.78 is 49.1. The minimum atomic E-state index is -2.89. The Labute approximate surface area is 181 Å². The first-order chi connectivity index (χ1) is 15.6. The van der Waals surface area contributed by atoms with Crippen molar-refractivity contribution in [3.05, 3.63) is 48.5 Å². The van der Waals surface area contributed by atoms with Crippen LogP contribution in [0, 0.1) is 5.82 Å².